The lowest BCUT2D eigenvalue weighted by Crippen LogP contribution is -2.23. The van der Waals surface area contributed by atoms with E-state index < -0.39 is 0 Å². The Kier molecular flexibility index (Phi) is 4.66. The van der Waals surface area contributed by atoms with E-state index in [1.54, 1.807) is 32.3 Å². The summed E-state index contributed by atoms with van der Waals surface area (Å²) in [7, 11) is 3.40. The van der Waals surface area contributed by atoms with Gasteiger partial charge in [-0.05, 0) is 12.1 Å². The SMILES string of the molecule is CN(C)C(=O)CSc1cccc(Cl)c1C#N. The van der Waals surface area contributed by atoms with Crippen LogP contribution in [0.4, 0.5) is 0 Å². The zero-order chi connectivity index (χ0) is 12.1. The molecule has 3 nitrogen and oxygen atoms in total. The van der Waals surface area contributed by atoms with Crippen LogP contribution < -0.4 is 0 Å². The molecular weight excluding hydrogens is 244 g/mol. The molecule has 0 radical (unpaired) electrons. The molecule has 0 aliphatic carbocycles. The standard InChI is InChI=1S/C11H11ClN2OS/c1-14(2)11(15)7-16-10-5-3-4-9(12)8(10)6-13/h3-5H,7H2,1-2H3. The van der Waals surface area contributed by atoms with Crippen LogP contribution in [0, 0.1) is 11.3 Å². The van der Waals surface area contributed by atoms with Gasteiger partial charge in [0.05, 0.1) is 16.3 Å². The lowest BCUT2D eigenvalue weighted by Gasteiger charge is -2.10. The molecule has 0 N–H and O–H groups in total. The maximum atomic E-state index is 11.4. The number of hydrogen-bond acceptors (Lipinski definition) is 3. The first-order valence-electron chi connectivity index (χ1n) is 4.58. The number of benzene rings is 1. The fourth-order valence-corrected chi connectivity index (χ4v) is 2.29. The van der Waals surface area contributed by atoms with Crippen molar-refractivity contribution in [2.75, 3.05) is 19.8 Å². The molecular formula is C11H11ClN2OS. The largest absolute Gasteiger partial charge is 0.348 e. The smallest absolute Gasteiger partial charge is 0.232 e. The van der Waals surface area contributed by atoms with Gasteiger partial charge < -0.3 is 4.90 Å². The molecule has 0 bridgehead atoms. The number of halogens is 1. The van der Waals surface area contributed by atoms with Crippen molar-refractivity contribution in [2.24, 2.45) is 0 Å². The average Bonchev–Trinajstić information content (AvgIpc) is 2.25. The summed E-state index contributed by atoms with van der Waals surface area (Å²) < 4.78 is 0. The van der Waals surface area contributed by atoms with Crippen molar-refractivity contribution in [1.82, 2.24) is 4.90 Å². The average molecular weight is 255 g/mol. The summed E-state index contributed by atoms with van der Waals surface area (Å²) in [4.78, 5) is 13.6. The molecule has 16 heavy (non-hydrogen) atoms. The second kappa shape index (κ2) is 5.78. The molecule has 0 saturated carbocycles. The summed E-state index contributed by atoms with van der Waals surface area (Å²) in [6.45, 7) is 0. The maximum Gasteiger partial charge on any atom is 0.232 e. The van der Waals surface area contributed by atoms with Gasteiger partial charge in [-0.25, -0.2) is 0 Å². The number of nitrogens with zero attached hydrogens (tertiary/aromatic N) is 2. The first kappa shape index (κ1) is 12.9. The molecule has 0 saturated heterocycles. The Bertz CT molecular complexity index is 440. The highest BCUT2D eigenvalue weighted by Gasteiger charge is 2.10. The van der Waals surface area contributed by atoms with Gasteiger partial charge >= 0.3 is 0 Å². The molecule has 0 aliphatic rings. The van der Waals surface area contributed by atoms with E-state index in [9.17, 15) is 4.79 Å². The zero-order valence-electron chi connectivity index (χ0n) is 9.03. The number of carbonyl (C=O) groups is 1. The van der Waals surface area contributed by atoms with Gasteiger partial charge in [-0.1, -0.05) is 17.7 Å². The van der Waals surface area contributed by atoms with Crippen LogP contribution in [0.25, 0.3) is 0 Å². The monoisotopic (exact) mass is 254 g/mol. The van der Waals surface area contributed by atoms with Crippen LogP contribution in [0.3, 0.4) is 0 Å². The molecule has 0 aliphatic heterocycles. The van der Waals surface area contributed by atoms with Gasteiger partial charge in [0, 0.05) is 19.0 Å². The number of nitriles is 1. The van der Waals surface area contributed by atoms with Gasteiger partial charge in [-0.2, -0.15) is 5.26 Å². The number of amides is 1. The molecule has 0 fully saturated rings. The van der Waals surface area contributed by atoms with Crippen molar-refractivity contribution in [1.29, 1.82) is 5.26 Å². The van der Waals surface area contributed by atoms with Gasteiger partial charge in [-0.3, -0.25) is 4.79 Å². The molecule has 0 heterocycles. The molecule has 0 aromatic heterocycles. The van der Waals surface area contributed by atoms with E-state index >= 15 is 0 Å². The van der Waals surface area contributed by atoms with E-state index in [-0.39, 0.29) is 5.91 Å². The Morgan fingerprint density at radius 1 is 1.56 bits per heavy atom. The number of thioether (sulfide) groups is 1. The third kappa shape index (κ3) is 3.16. The van der Waals surface area contributed by atoms with Crippen LogP contribution in [-0.2, 0) is 4.79 Å². The Balaban J connectivity index is 2.79. The van der Waals surface area contributed by atoms with Crippen LogP contribution in [-0.4, -0.2) is 30.7 Å². The summed E-state index contributed by atoms with van der Waals surface area (Å²) >= 11 is 7.20. The van der Waals surface area contributed by atoms with Crippen LogP contribution in [0.1, 0.15) is 5.56 Å². The lowest BCUT2D eigenvalue weighted by atomic mass is 10.2. The molecule has 0 spiro atoms. The molecule has 5 heteroatoms. The first-order chi connectivity index (χ1) is 7.56. The highest BCUT2D eigenvalue weighted by atomic mass is 35.5. The Hall–Kier alpha value is -1.18. The summed E-state index contributed by atoms with van der Waals surface area (Å²) in [6.07, 6.45) is 0. The van der Waals surface area contributed by atoms with Gasteiger partial charge in [0.25, 0.3) is 0 Å². The maximum absolute atomic E-state index is 11.4. The quantitative estimate of drug-likeness (QED) is 0.778. The normalized spacial score (nSPS) is 9.62. The van der Waals surface area contributed by atoms with Crippen LogP contribution in [0.2, 0.25) is 5.02 Å². The van der Waals surface area contributed by atoms with Crippen LogP contribution in [0.5, 0.6) is 0 Å². The minimum atomic E-state index is 0.00821. The second-order valence-electron chi connectivity index (χ2n) is 3.30. The highest BCUT2D eigenvalue weighted by molar-refractivity contribution is 8.00. The van der Waals surface area contributed by atoms with Crippen molar-refractivity contribution < 1.29 is 4.79 Å². The molecule has 1 aromatic rings. The lowest BCUT2D eigenvalue weighted by molar-refractivity contribution is -0.125. The molecule has 0 atom stereocenters. The minimum absolute atomic E-state index is 0.00821. The van der Waals surface area contributed by atoms with E-state index in [4.69, 9.17) is 16.9 Å². The van der Waals surface area contributed by atoms with E-state index in [2.05, 4.69) is 0 Å². The zero-order valence-corrected chi connectivity index (χ0v) is 10.6. The summed E-state index contributed by atoms with van der Waals surface area (Å²) in [6, 6.07) is 7.26. The summed E-state index contributed by atoms with van der Waals surface area (Å²) in [5.41, 5.74) is 0.431. The molecule has 1 rings (SSSR count). The van der Waals surface area contributed by atoms with E-state index in [1.165, 1.54) is 16.7 Å². The summed E-state index contributed by atoms with van der Waals surface area (Å²) in [5.74, 6) is 0.316. The minimum Gasteiger partial charge on any atom is -0.348 e. The predicted octanol–water partition coefficient (Wildman–Crippen LogP) is 2.39. The van der Waals surface area contributed by atoms with Gasteiger partial charge in [0.2, 0.25) is 5.91 Å². The summed E-state index contributed by atoms with van der Waals surface area (Å²) in [5, 5.41) is 9.35. The van der Waals surface area contributed by atoms with Crippen molar-refractivity contribution in [3.05, 3.63) is 28.8 Å². The fourth-order valence-electron chi connectivity index (χ4n) is 1.00. The Labute approximate surface area is 104 Å². The molecule has 1 aromatic carbocycles. The van der Waals surface area contributed by atoms with E-state index in [0.717, 1.165) is 4.90 Å². The predicted molar refractivity (Wildman–Crippen MR) is 65.6 cm³/mol. The second-order valence-corrected chi connectivity index (χ2v) is 4.73. The third-order valence-corrected chi connectivity index (χ3v) is 3.29. The van der Waals surface area contributed by atoms with Crippen LogP contribution in [0.15, 0.2) is 23.1 Å². The van der Waals surface area contributed by atoms with Crippen molar-refractivity contribution in [2.45, 2.75) is 4.90 Å². The van der Waals surface area contributed by atoms with Gasteiger partial charge in [0.15, 0.2) is 0 Å². The van der Waals surface area contributed by atoms with Crippen molar-refractivity contribution in [3.8, 4) is 6.07 Å². The topological polar surface area (TPSA) is 44.1 Å². The third-order valence-electron chi connectivity index (χ3n) is 1.94. The fraction of sp³-hybridized carbons (Fsp3) is 0.273. The van der Waals surface area contributed by atoms with Crippen molar-refractivity contribution in [3.63, 3.8) is 0 Å². The highest BCUT2D eigenvalue weighted by Crippen LogP contribution is 2.27. The Morgan fingerprint density at radius 2 is 2.25 bits per heavy atom. The number of carbonyl (C=O) groups excluding carboxylic acids is 1. The van der Waals surface area contributed by atoms with Gasteiger partial charge in [-0.15, -0.1) is 11.8 Å². The van der Waals surface area contributed by atoms with E-state index in [1.807, 2.05) is 6.07 Å². The van der Waals surface area contributed by atoms with Crippen molar-refractivity contribution >= 4 is 29.3 Å². The molecule has 1 amide bonds. The molecule has 0 unspecified atom stereocenters. The van der Waals surface area contributed by atoms with Gasteiger partial charge in [0.1, 0.15) is 6.07 Å². The van der Waals surface area contributed by atoms with E-state index in [0.29, 0.717) is 16.3 Å². The van der Waals surface area contributed by atoms with Crippen LogP contribution >= 0.6 is 23.4 Å². The first-order valence-corrected chi connectivity index (χ1v) is 5.94. The Morgan fingerprint density at radius 3 is 2.81 bits per heavy atom. The molecule has 84 valence electrons. The number of rotatable bonds is 3. The number of hydrogen-bond donors (Lipinski definition) is 0.